The smallest absolute Gasteiger partial charge is 0.156 e. The molecule has 0 aliphatic heterocycles. The van der Waals surface area contributed by atoms with Crippen molar-refractivity contribution in [1.82, 2.24) is 0 Å². The summed E-state index contributed by atoms with van der Waals surface area (Å²) in [5, 5.41) is 0. The van der Waals surface area contributed by atoms with Crippen molar-refractivity contribution in [2.45, 2.75) is 61.3 Å². The predicted molar refractivity (Wildman–Crippen MR) is 66.9 cm³/mol. The highest BCUT2D eigenvalue weighted by Crippen LogP contribution is 2.25. The van der Waals surface area contributed by atoms with Crippen molar-refractivity contribution in [1.29, 1.82) is 0 Å². The van der Waals surface area contributed by atoms with Gasteiger partial charge in [0.2, 0.25) is 0 Å². The molecular weight excluding hydrogens is 184 g/mol. The van der Waals surface area contributed by atoms with Crippen molar-refractivity contribution >= 4 is 5.78 Å². The van der Waals surface area contributed by atoms with E-state index in [9.17, 15) is 4.79 Å². The SMILES string of the molecule is C/C(=C\C(=O)CC(C)(C)C)CC(C)(C)C. The van der Waals surface area contributed by atoms with Crippen molar-refractivity contribution in [2.75, 3.05) is 0 Å². The highest BCUT2D eigenvalue weighted by Gasteiger charge is 2.16. The lowest BCUT2D eigenvalue weighted by molar-refractivity contribution is -0.116. The second-order valence-electron chi connectivity index (χ2n) is 6.93. The molecule has 0 aromatic heterocycles. The number of allylic oxidation sites excluding steroid dienone is 2. The molecule has 0 saturated carbocycles. The molecule has 15 heavy (non-hydrogen) atoms. The quantitative estimate of drug-likeness (QED) is 0.632. The van der Waals surface area contributed by atoms with Gasteiger partial charge < -0.3 is 0 Å². The normalized spacial score (nSPS) is 14.2. The Morgan fingerprint density at radius 1 is 0.933 bits per heavy atom. The van der Waals surface area contributed by atoms with Crippen molar-refractivity contribution < 1.29 is 4.79 Å². The fourth-order valence-corrected chi connectivity index (χ4v) is 1.74. The maximum absolute atomic E-state index is 11.7. The van der Waals surface area contributed by atoms with Gasteiger partial charge in [-0.15, -0.1) is 0 Å². The fraction of sp³-hybridized carbons (Fsp3) is 0.786. The third kappa shape index (κ3) is 9.71. The Labute approximate surface area is 95.0 Å². The third-order valence-corrected chi connectivity index (χ3v) is 1.92. The molecule has 0 aliphatic carbocycles. The van der Waals surface area contributed by atoms with Crippen LogP contribution >= 0.6 is 0 Å². The summed E-state index contributed by atoms with van der Waals surface area (Å²) in [6.45, 7) is 14.9. The van der Waals surface area contributed by atoms with E-state index >= 15 is 0 Å². The van der Waals surface area contributed by atoms with Crippen molar-refractivity contribution in [2.24, 2.45) is 10.8 Å². The highest BCUT2D eigenvalue weighted by molar-refractivity contribution is 5.90. The monoisotopic (exact) mass is 210 g/mol. The van der Waals surface area contributed by atoms with E-state index in [4.69, 9.17) is 0 Å². The molecule has 0 spiro atoms. The molecule has 0 N–H and O–H groups in total. The van der Waals surface area contributed by atoms with E-state index < -0.39 is 0 Å². The standard InChI is InChI=1S/C14H26O/c1-11(9-13(2,3)4)8-12(15)10-14(5,6)7/h8H,9-10H2,1-7H3/b11-8+. The molecule has 0 bridgehead atoms. The van der Waals surface area contributed by atoms with E-state index in [1.807, 2.05) is 13.0 Å². The second-order valence-corrected chi connectivity index (χ2v) is 6.93. The molecule has 0 aromatic rings. The van der Waals surface area contributed by atoms with Crippen LogP contribution in [0, 0.1) is 10.8 Å². The largest absolute Gasteiger partial charge is 0.295 e. The van der Waals surface area contributed by atoms with Crippen LogP contribution in [0.1, 0.15) is 61.3 Å². The van der Waals surface area contributed by atoms with E-state index in [1.54, 1.807) is 0 Å². The van der Waals surface area contributed by atoms with Crippen LogP contribution in [-0.4, -0.2) is 5.78 Å². The van der Waals surface area contributed by atoms with Gasteiger partial charge in [0.25, 0.3) is 0 Å². The molecule has 0 rings (SSSR count). The number of rotatable bonds is 3. The molecule has 0 aromatic carbocycles. The summed E-state index contributed by atoms with van der Waals surface area (Å²) >= 11 is 0. The van der Waals surface area contributed by atoms with Gasteiger partial charge in [-0.3, -0.25) is 4.79 Å². The Bertz CT molecular complexity index is 245. The Morgan fingerprint density at radius 2 is 1.33 bits per heavy atom. The summed E-state index contributed by atoms with van der Waals surface area (Å²) in [5.74, 6) is 0.254. The first-order valence-electron chi connectivity index (χ1n) is 5.70. The van der Waals surface area contributed by atoms with Crippen LogP contribution < -0.4 is 0 Å². The van der Waals surface area contributed by atoms with E-state index in [-0.39, 0.29) is 16.6 Å². The van der Waals surface area contributed by atoms with Gasteiger partial charge in [-0.25, -0.2) is 0 Å². The number of carbonyl (C=O) groups is 1. The minimum absolute atomic E-state index is 0.0929. The van der Waals surface area contributed by atoms with Crippen LogP contribution in [0.5, 0.6) is 0 Å². The van der Waals surface area contributed by atoms with Crippen LogP contribution in [0.15, 0.2) is 11.6 Å². The highest BCUT2D eigenvalue weighted by atomic mass is 16.1. The van der Waals surface area contributed by atoms with Gasteiger partial charge in [-0.1, -0.05) is 47.1 Å². The molecule has 0 heterocycles. The lowest BCUT2D eigenvalue weighted by Crippen LogP contribution is -2.12. The minimum Gasteiger partial charge on any atom is -0.295 e. The number of carbonyl (C=O) groups excluding carboxylic acids is 1. The lowest BCUT2D eigenvalue weighted by Gasteiger charge is -2.19. The predicted octanol–water partition coefficient (Wildman–Crippen LogP) is 4.37. The maximum Gasteiger partial charge on any atom is 0.156 e. The van der Waals surface area contributed by atoms with Crippen molar-refractivity contribution in [3.05, 3.63) is 11.6 Å². The van der Waals surface area contributed by atoms with Crippen LogP contribution in [-0.2, 0) is 4.79 Å². The number of hydrogen-bond acceptors (Lipinski definition) is 1. The topological polar surface area (TPSA) is 17.1 Å². The Balaban J connectivity index is 4.31. The average Bonchev–Trinajstić information content (AvgIpc) is 1.73. The van der Waals surface area contributed by atoms with Crippen molar-refractivity contribution in [3.63, 3.8) is 0 Å². The van der Waals surface area contributed by atoms with Crippen LogP contribution in [0.4, 0.5) is 0 Å². The Kier molecular flexibility index (Phi) is 4.76. The van der Waals surface area contributed by atoms with E-state index in [0.717, 1.165) is 6.42 Å². The molecule has 0 amide bonds. The summed E-state index contributed by atoms with van der Waals surface area (Å²) in [7, 11) is 0. The van der Waals surface area contributed by atoms with Crippen LogP contribution in [0.2, 0.25) is 0 Å². The molecule has 0 atom stereocenters. The van der Waals surface area contributed by atoms with Gasteiger partial charge in [0.05, 0.1) is 0 Å². The first kappa shape index (κ1) is 14.4. The third-order valence-electron chi connectivity index (χ3n) is 1.92. The molecule has 0 radical (unpaired) electrons. The summed E-state index contributed by atoms with van der Waals surface area (Å²) in [5.41, 5.74) is 1.55. The summed E-state index contributed by atoms with van der Waals surface area (Å²) in [6.07, 6.45) is 3.44. The Morgan fingerprint density at radius 3 is 1.67 bits per heavy atom. The van der Waals surface area contributed by atoms with Gasteiger partial charge in [0.1, 0.15) is 0 Å². The fourth-order valence-electron chi connectivity index (χ4n) is 1.74. The van der Waals surface area contributed by atoms with Gasteiger partial charge >= 0.3 is 0 Å². The molecule has 0 saturated heterocycles. The van der Waals surface area contributed by atoms with Crippen LogP contribution in [0.25, 0.3) is 0 Å². The van der Waals surface area contributed by atoms with Gasteiger partial charge in [-0.05, 0) is 30.3 Å². The number of hydrogen-bond donors (Lipinski definition) is 0. The number of ketones is 1. The molecule has 1 nitrogen and oxygen atoms in total. The first-order chi connectivity index (χ1) is 6.49. The molecule has 0 fully saturated rings. The lowest BCUT2D eigenvalue weighted by atomic mass is 9.86. The first-order valence-corrected chi connectivity index (χ1v) is 5.70. The maximum atomic E-state index is 11.7. The van der Waals surface area contributed by atoms with E-state index in [1.165, 1.54) is 5.57 Å². The molecule has 88 valence electrons. The summed E-state index contributed by atoms with van der Waals surface area (Å²) in [6, 6.07) is 0. The summed E-state index contributed by atoms with van der Waals surface area (Å²) < 4.78 is 0. The summed E-state index contributed by atoms with van der Waals surface area (Å²) in [4.78, 5) is 11.7. The molecule has 0 aliphatic rings. The van der Waals surface area contributed by atoms with Gasteiger partial charge in [-0.2, -0.15) is 0 Å². The van der Waals surface area contributed by atoms with Gasteiger partial charge in [0, 0.05) is 6.42 Å². The van der Waals surface area contributed by atoms with Crippen LogP contribution in [0.3, 0.4) is 0 Å². The zero-order chi connectivity index (χ0) is 12.3. The zero-order valence-electron chi connectivity index (χ0n) is 11.4. The second kappa shape index (κ2) is 4.96. The van der Waals surface area contributed by atoms with Gasteiger partial charge in [0.15, 0.2) is 5.78 Å². The average molecular weight is 210 g/mol. The van der Waals surface area contributed by atoms with Crippen molar-refractivity contribution in [3.8, 4) is 0 Å². The van der Waals surface area contributed by atoms with E-state index in [2.05, 4.69) is 41.5 Å². The molecular formula is C14H26O. The zero-order valence-corrected chi connectivity index (χ0v) is 11.4. The van der Waals surface area contributed by atoms with E-state index in [0.29, 0.717) is 6.42 Å². The minimum atomic E-state index is 0.0929. The molecule has 0 unspecified atom stereocenters. The Hall–Kier alpha value is -0.590. The molecule has 1 heteroatoms.